The molecule has 0 unspecified atom stereocenters. The van der Waals surface area contributed by atoms with Gasteiger partial charge in [-0.05, 0) is 49.3 Å². The number of nitrogens with one attached hydrogen (secondary N) is 1. The van der Waals surface area contributed by atoms with E-state index in [1.165, 1.54) is 18.2 Å². The van der Waals surface area contributed by atoms with E-state index in [9.17, 15) is 13.6 Å². The normalized spacial score (nSPS) is 23.7. The van der Waals surface area contributed by atoms with Gasteiger partial charge in [0.05, 0.1) is 17.3 Å². The van der Waals surface area contributed by atoms with Crippen molar-refractivity contribution >= 4 is 29.1 Å². The summed E-state index contributed by atoms with van der Waals surface area (Å²) < 4.78 is 35.3. The Bertz CT molecular complexity index is 836. The highest BCUT2D eigenvalue weighted by Crippen LogP contribution is 2.52. The average molecular weight is 416 g/mol. The Kier molecular flexibility index (Phi) is 5.03. The first-order chi connectivity index (χ1) is 12.9. The highest BCUT2D eigenvalue weighted by Gasteiger charge is 2.43. The highest BCUT2D eigenvalue weighted by atomic mass is 35.5. The molecule has 2 fully saturated rings. The van der Waals surface area contributed by atoms with E-state index >= 15 is 0 Å². The summed E-state index contributed by atoms with van der Waals surface area (Å²) in [4.78, 5) is 12.6. The Morgan fingerprint density at radius 2 is 2.04 bits per heavy atom. The smallest absolute Gasteiger partial charge is 0.387 e. The van der Waals surface area contributed by atoms with Crippen LogP contribution in [0.2, 0.25) is 0 Å². The van der Waals surface area contributed by atoms with Crippen molar-refractivity contribution in [3.8, 4) is 11.5 Å². The van der Waals surface area contributed by atoms with Crippen LogP contribution < -0.4 is 14.8 Å². The van der Waals surface area contributed by atoms with Gasteiger partial charge in [0.2, 0.25) is 0 Å². The minimum absolute atomic E-state index is 0.101. The van der Waals surface area contributed by atoms with Crippen molar-refractivity contribution in [2.45, 2.75) is 25.9 Å². The lowest BCUT2D eigenvalue weighted by atomic mass is 10.1. The summed E-state index contributed by atoms with van der Waals surface area (Å²) in [7, 11) is 0. The predicted octanol–water partition coefficient (Wildman–Crippen LogP) is 5.03. The number of benzene rings is 1. The molecule has 0 aromatic heterocycles. The first-order valence-electron chi connectivity index (χ1n) is 8.72. The van der Waals surface area contributed by atoms with Crippen LogP contribution in [0, 0.1) is 17.8 Å². The molecule has 0 spiro atoms. The molecule has 4 nitrogen and oxygen atoms in total. The zero-order valence-corrected chi connectivity index (χ0v) is 15.7. The van der Waals surface area contributed by atoms with Gasteiger partial charge in [-0.2, -0.15) is 8.78 Å². The first-order valence-corrected chi connectivity index (χ1v) is 9.48. The Balaban J connectivity index is 1.53. The van der Waals surface area contributed by atoms with Gasteiger partial charge in [-0.25, -0.2) is 0 Å². The number of alkyl halides is 2. The second kappa shape index (κ2) is 7.32. The van der Waals surface area contributed by atoms with Crippen molar-refractivity contribution in [3.63, 3.8) is 0 Å². The number of hydrogen-bond acceptors (Lipinski definition) is 3. The summed E-state index contributed by atoms with van der Waals surface area (Å²) in [5.74, 6) is 0.540. The monoisotopic (exact) mass is 415 g/mol. The van der Waals surface area contributed by atoms with Crippen molar-refractivity contribution in [3.05, 3.63) is 45.6 Å². The summed E-state index contributed by atoms with van der Waals surface area (Å²) in [6.07, 6.45) is 4.90. The molecule has 3 aliphatic rings. The Hall–Kier alpha value is -1.79. The maximum Gasteiger partial charge on any atom is 0.387 e. The number of allylic oxidation sites excluding steroid dienone is 3. The standard InChI is InChI=1S/C19H17Cl2F2NO3/c20-13-6-11-5-12(11)16(21)17(13)24-18(25)10-3-4-14(27-19(22)23)15(7-10)26-8-9-1-2-9/h3-4,6-7,9,11-12,19H,1-2,5,8H2,(H,24,25)/t11-,12-/m1/s1. The molecule has 0 bridgehead atoms. The van der Waals surface area contributed by atoms with Gasteiger partial charge in [0, 0.05) is 16.5 Å². The molecule has 2 atom stereocenters. The fourth-order valence-corrected chi connectivity index (χ4v) is 3.77. The van der Waals surface area contributed by atoms with Crippen molar-refractivity contribution < 1.29 is 23.0 Å². The lowest BCUT2D eigenvalue weighted by Gasteiger charge is -2.17. The topological polar surface area (TPSA) is 47.6 Å². The molecule has 3 aliphatic carbocycles. The number of rotatable bonds is 7. The van der Waals surface area contributed by atoms with Gasteiger partial charge in [0.1, 0.15) is 0 Å². The van der Waals surface area contributed by atoms with Crippen molar-refractivity contribution in [2.75, 3.05) is 6.61 Å². The Morgan fingerprint density at radius 1 is 1.26 bits per heavy atom. The van der Waals surface area contributed by atoms with Crippen LogP contribution in [0.4, 0.5) is 8.78 Å². The summed E-state index contributed by atoms with van der Waals surface area (Å²) in [5.41, 5.74) is 0.636. The summed E-state index contributed by atoms with van der Waals surface area (Å²) in [6, 6.07) is 4.09. The van der Waals surface area contributed by atoms with Gasteiger partial charge in [0.15, 0.2) is 11.5 Å². The number of carbonyl (C=O) groups excluding carboxylic acids is 1. The molecule has 27 heavy (non-hydrogen) atoms. The van der Waals surface area contributed by atoms with Crippen LogP contribution >= 0.6 is 23.2 Å². The van der Waals surface area contributed by atoms with E-state index < -0.39 is 12.5 Å². The van der Waals surface area contributed by atoms with E-state index in [-0.39, 0.29) is 23.0 Å². The second-order valence-electron chi connectivity index (χ2n) is 6.99. The maximum absolute atomic E-state index is 12.6. The van der Waals surface area contributed by atoms with Gasteiger partial charge in [0.25, 0.3) is 5.91 Å². The van der Waals surface area contributed by atoms with Gasteiger partial charge in [-0.3, -0.25) is 4.79 Å². The molecular formula is C19H17Cl2F2NO3. The number of hydrogen-bond donors (Lipinski definition) is 1. The molecule has 0 radical (unpaired) electrons. The minimum atomic E-state index is -2.98. The predicted molar refractivity (Wildman–Crippen MR) is 97.2 cm³/mol. The largest absolute Gasteiger partial charge is 0.489 e. The second-order valence-corrected chi connectivity index (χ2v) is 7.81. The summed E-state index contributed by atoms with van der Waals surface area (Å²) >= 11 is 12.5. The van der Waals surface area contributed by atoms with E-state index in [0.29, 0.717) is 34.2 Å². The molecule has 0 aliphatic heterocycles. The van der Waals surface area contributed by atoms with Gasteiger partial charge < -0.3 is 14.8 Å². The lowest BCUT2D eigenvalue weighted by molar-refractivity contribution is -0.0515. The van der Waals surface area contributed by atoms with E-state index in [4.69, 9.17) is 27.9 Å². The van der Waals surface area contributed by atoms with E-state index in [0.717, 1.165) is 19.3 Å². The molecule has 1 amide bonds. The van der Waals surface area contributed by atoms with Crippen molar-refractivity contribution in [1.82, 2.24) is 5.32 Å². The molecule has 2 saturated carbocycles. The van der Waals surface area contributed by atoms with Crippen LogP contribution in [0.1, 0.15) is 29.6 Å². The van der Waals surface area contributed by atoms with Crippen LogP contribution in [0.15, 0.2) is 40.0 Å². The molecule has 144 valence electrons. The van der Waals surface area contributed by atoms with Gasteiger partial charge in [-0.1, -0.05) is 29.3 Å². The summed E-state index contributed by atoms with van der Waals surface area (Å²) in [5, 5.41) is 3.68. The van der Waals surface area contributed by atoms with Gasteiger partial charge in [-0.15, -0.1) is 0 Å². The number of halogens is 4. The SMILES string of the molecule is O=C(NC1=C(Cl)[C@@H]2C[C@@H]2C=C1Cl)c1ccc(OC(F)F)c(OCC2CC2)c1. The summed E-state index contributed by atoms with van der Waals surface area (Å²) in [6.45, 7) is -2.58. The molecule has 0 saturated heterocycles. The van der Waals surface area contributed by atoms with Crippen LogP contribution in [-0.4, -0.2) is 19.1 Å². The lowest BCUT2D eigenvalue weighted by Crippen LogP contribution is -2.25. The minimum Gasteiger partial charge on any atom is -0.489 e. The van der Waals surface area contributed by atoms with Crippen molar-refractivity contribution in [2.24, 2.45) is 17.8 Å². The maximum atomic E-state index is 12.6. The zero-order chi connectivity index (χ0) is 19.1. The van der Waals surface area contributed by atoms with Crippen LogP contribution in [0.25, 0.3) is 0 Å². The number of carbonyl (C=O) groups is 1. The molecule has 8 heteroatoms. The molecule has 4 rings (SSSR count). The zero-order valence-electron chi connectivity index (χ0n) is 14.2. The van der Waals surface area contributed by atoms with Crippen LogP contribution in [0.5, 0.6) is 11.5 Å². The molecule has 0 heterocycles. The quantitative estimate of drug-likeness (QED) is 0.679. The van der Waals surface area contributed by atoms with E-state index in [2.05, 4.69) is 10.1 Å². The van der Waals surface area contributed by atoms with Crippen LogP contribution in [-0.2, 0) is 0 Å². The fraction of sp³-hybridized carbons (Fsp3) is 0.421. The van der Waals surface area contributed by atoms with E-state index in [1.54, 1.807) is 0 Å². The van der Waals surface area contributed by atoms with Gasteiger partial charge >= 0.3 is 6.61 Å². The number of fused-ring (bicyclic) bond motifs is 1. The molecule has 1 aromatic rings. The third-order valence-electron chi connectivity index (χ3n) is 4.84. The van der Waals surface area contributed by atoms with E-state index in [1.807, 2.05) is 6.08 Å². The number of amides is 1. The Morgan fingerprint density at radius 3 is 2.74 bits per heavy atom. The third kappa shape index (κ3) is 4.22. The molecule has 1 N–H and O–H groups in total. The molecule has 1 aromatic carbocycles. The third-order valence-corrected chi connectivity index (χ3v) is 5.62. The number of ether oxygens (including phenoxy) is 2. The fourth-order valence-electron chi connectivity index (χ4n) is 3.01. The van der Waals surface area contributed by atoms with Crippen molar-refractivity contribution in [1.29, 1.82) is 0 Å². The van der Waals surface area contributed by atoms with Crippen LogP contribution in [0.3, 0.4) is 0 Å². The first kappa shape index (κ1) is 18.6. The highest BCUT2D eigenvalue weighted by molar-refractivity contribution is 6.36. The average Bonchev–Trinajstić information content (AvgIpc) is 3.51. The Labute approximate surface area is 165 Å². The molecular weight excluding hydrogens is 399 g/mol.